The van der Waals surface area contributed by atoms with Crippen molar-refractivity contribution in [2.75, 3.05) is 23.3 Å². The Kier molecular flexibility index (Phi) is 4.84. The van der Waals surface area contributed by atoms with Crippen LogP contribution in [0.2, 0.25) is 0 Å². The van der Waals surface area contributed by atoms with Crippen LogP contribution >= 0.6 is 0 Å². The number of benzene rings is 1. The zero-order chi connectivity index (χ0) is 18.6. The van der Waals surface area contributed by atoms with Gasteiger partial charge in [0.2, 0.25) is 0 Å². The van der Waals surface area contributed by atoms with Crippen LogP contribution in [0, 0.1) is 11.3 Å². The highest BCUT2D eigenvalue weighted by molar-refractivity contribution is 5.93. The minimum Gasteiger partial charge on any atom is -0.381 e. The quantitative estimate of drug-likeness (QED) is 0.769. The SMILES string of the molecule is CCc1cc(N2CCC(Nc3c(C#N)cnc4ccccc34)CC2)ncn1. The van der Waals surface area contributed by atoms with E-state index >= 15 is 0 Å². The second-order valence-corrected chi connectivity index (χ2v) is 6.80. The van der Waals surface area contributed by atoms with Crippen molar-refractivity contribution < 1.29 is 0 Å². The van der Waals surface area contributed by atoms with Crippen molar-refractivity contribution in [1.29, 1.82) is 5.26 Å². The third-order valence-electron chi connectivity index (χ3n) is 5.13. The molecule has 0 radical (unpaired) electrons. The Morgan fingerprint density at radius 3 is 2.78 bits per heavy atom. The molecule has 0 spiro atoms. The summed E-state index contributed by atoms with van der Waals surface area (Å²) in [6, 6.07) is 12.6. The topological polar surface area (TPSA) is 77.7 Å². The highest BCUT2D eigenvalue weighted by atomic mass is 15.2. The maximum absolute atomic E-state index is 9.50. The van der Waals surface area contributed by atoms with Gasteiger partial charge in [-0.2, -0.15) is 5.26 Å². The van der Waals surface area contributed by atoms with Gasteiger partial charge in [-0.1, -0.05) is 25.1 Å². The Balaban J connectivity index is 1.50. The number of nitriles is 1. The van der Waals surface area contributed by atoms with E-state index in [1.807, 2.05) is 24.3 Å². The molecule has 1 N–H and O–H groups in total. The largest absolute Gasteiger partial charge is 0.381 e. The molecule has 3 heterocycles. The van der Waals surface area contributed by atoms with E-state index in [0.717, 1.165) is 60.5 Å². The molecule has 0 saturated carbocycles. The molecule has 0 bridgehead atoms. The molecule has 4 rings (SSSR count). The Hall–Kier alpha value is -3.20. The first kappa shape index (κ1) is 17.2. The predicted molar refractivity (Wildman–Crippen MR) is 107 cm³/mol. The van der Waals surface area contributed by atoms with Crippen molar-refractivity contribution in [2.24, 2.45) is 0 Å². The maximum Gasteiger partial charge on any atom is 0.132 e. The summed E-state index contributed by atoms with van der Waals surface area (Å²) in [6.07, 6.45) is 6.22. The zero-order valence-electron chi connectivity index (χ0n) is 15.4. The molecule has 1 aliphatic heterocycles. The molecule has 3 aromatic rings. The minimum absolute atomic E-state index is 0.326. The molecule has 1 saturated heterocycles. The van der Waals surface area contributed by atoms with Crippen LogP contribution in [0.4, 0.5) is 11.5 Å². The first-order chi connectivity index (χ1) is 13.3. The third-order valence-corrected chi connectivity index (χ3v) is 5.13. The van der Waals surface area contributed by atoms with Gasteiger partial charge in [-0.3, -0.25) is 4.98 Å². The van der Waals surface area contributed by atoms with Gasteiger partial charge in [0.25, 0.3) is 0 Å². The molecule has 0 unspecified atom stereocenters. The lowest BCUT2D eigenvalue weighted by molar-refractivity contribution is 0.523. The summed E-state index contributed by atoms with van der Waals surface area (Å²) in [5.74, 6) is 1.01. The van der Waals surface area contributed by atoms with Gasteiger partial charge in [0.15, 0.2) is 0 Å². The average Bonchev–Trinajstić information content (AvgIpc) is 2.74. The number of aryl methyl sites for hydroxylation is 1. The predicted octanol–water partition coefficient (Wildman–Crippen LogP) is 3.54. The molecule has 6 heteroatoms. The number of hydrogen-bond donors (Lipinski definition) is 1. The standard InChI is InChI=1S/C21H22N6/c1-2-16-11-20(25-14-24-16)27-9-7-17(8-10-27)26-21-15(12-22)13-23-19-6-4-3-5-18(19)21/h3-6,11,13-14,17H,2,7-10H2,1H3,(H,23,26). The van der Waals surface area contributed by atoms with E-state index in [1.54, 1.807) is 12.5 Å². The van der Waals surface area contributed by atoms with Crippen LogP contribution in [0.25, 0.3) is 10.9 Å². The van der Waals surface area contributed by atoms with Crippen molar-refractivity contribution in [3.05, 3.63) is 54.1 Å². The molecule has 1 aliphatic rings. The lowest BCUT2D eigenvalue weighted by Crippen LogP contribution is -2.39. The average molecular weight is 358 g/mol. The summed E-state index contributed by atoms with van der Waals surface area (Å²) in [4.78, 5) is 15.4. The fraction of sp³-hybridized carbons (Fsp3) is 0.333. The van der Waals surface area contributed by atoms with Crippen LogP contribution in [0.5, 0.6) is 0 Å². The van der Waals surface area contributed by atoms with Crippen molar-refractivity contribution in [2.45, 2.75) is 32.2 Å². The number of hydrogen-bond acceptors (Lipinski definition) is 6. The zero-order valence-corrected chi connectivity index (χ0v) is 15.4. The van der Waals surface area contributed by atoms with Gasteiger partial charge in [0.1, 0.15) is 18.2 Å². The Labute approximate surface area is 158 Å². The number of piperidine rings is 1. The molecule has 2 aromatic heterocycles. The Bertz CT molecular complexity index is 985. The number of nitrogens with zero attached hydrogens (tertiary/aromatic N) is 5. The molecule has 1 fully saturated rings. The Morgan fingerprint density at radius 2 is 2.00 bits per heavy atom. The normalized spacial score (nSPS) is 14.9. The highest BCUT2D eigenvalue weighted by Gasteiger charge is 2.22. The van der Waals surface area contributed by atoms with Gasteiger partial charge in [0, 0.05) is 42.5 Å². The van der Waals surface area contributed by atoms with Gasteiger partial charge in [-0.05, 0) is 25.3 Å². The molecule has 0 aliphatic carbocycles. The van der Waals surface area contributed by atoms with Gasteiger partial charge < -0.3 is 10.2 Å². The summed E-state index contributed by atoms with van der Waals surface area (Å²) in [6.45, 7) is 3.97. The lowest BCUT2D eigenvalue weighted by atomic mass is 10.0. The van der Waals surface area contributed by atoms with Crippen molar-refractivity contribution in [1.82, 2.24) is 15.0 Å². The van der Waals surface area contributed by atoms with Crippen LogP contribution in [-0.2, 0) is 6.42 Å². The number of pyridine rings is 1. The van der Waals surface area contributed by atoms with E-state index in [2.05, 4.69) is 44.2 Å². The van der Waals surface area contributed by atoms with Gasteiger partial charge in [-0.25, -0.2) is 9.97 Å². The number of para-hydroxylation sites is 1. The summed E-state index contributed by atoms with van der Waals surface area (Å²) in [5, 5.41) is 14.1. The van der Waals surface area contributed by atoms with E-state index in [0.29, 0.717) is 11.6 Å². The van der Waals surface area contributed by atoms with E-state index in [4.69, 9.17) is 0 Å². The third kappa shape index (κ3) is 3.54. The molecule has 6 nitrogen and oxygen atoms in total. The van der Waals surface area contributed by atoms with Crippen molar-refractivity contribution in [3.8, 4) is 6.07 Å². The van der Waals surface area contributed by atoms with E-state index in [9.17, 15) is 5.26 Å². The molecule has 27 heavy (non-hydrogen) atoms. The van der Waals surface area contributed by atoms with E-state index < -0.39 is 0 Å². The first-order valence-corrected chi connectivity index (χ1v) is 9.38. The molecule has 0 amide bonds. The van der Waals surface area contributed by atoms with Gasteiger partial charge in [0.05, 0.1) is 16.8 Å². The first-order valence-electron chi connectivity index (χ1n) is 9.38. The molecular weight excluding hydrogens is 336 g/mol. The number of nitrogens with one attached hydrogen (secondary N) is 1. The lowest BCUT2D eigenvalue weighted by Gasteiger charge is -2.34. The van der Waals surface area contributed by atoms with Crippen LogP contribution in [0.3, 0.4) is 0 Å². The van der Waals surface area contributed by atoms with Crippen LogP contribution < -0.4 is 10.2 Å². The molecule has 1 aromatic carbocycles. The summed E-state index contributed by atoms with van der Waals surface area (Å²) >= 11 is 0. The minimum atomic E-state index is 0.326. The Morgan fingerprint density at radius 1 is 1.19 bits per heavy atom. The van der Waals surface area contributed by atoms with E-state index in [1.165, 1.54) is 0 Å². The summed E-state index contributed by atoms with van der Waals surface area (Å²) < 4.78 is 0. The second-order valence-electron chi connectivity index (χ2n) is 6.80. The maximum atomic E-state index is 9.50. The highest BCUT2D eigenvalue weighted by Crippen LogP contribution is 2.28. The van der Waals surface area contributed by atoms with Crippen molar-refractivity contribution in [3.63, 3.8) is 0 Å². The molecule has 0 atom stereocenters. The van der Waals surface area contributed by atoms with E-state index in [-0.39, 0.29) is 0 Å². The summed E-state index contributed by atoms with van der Waals surface area (Å²) in [7, 11) is 0. The number of aromatic nitrogens is 3. The van der Waals surface area contributed by atoms with Gasteiger partial charge >= 0.3 is 0 Å². The van der Waals surface area contributed by atoms with Crippen LogP contribution in [0.1, 0.15) is 31.0 Å². The van der Waals surface area contributed by atoms with Crippen molar-refractivity contribution >= 4 is 22.4 Å². The fourth-order valence-corrected chi connectivity index (χ4v) is 3.59. The number of anilines is 2. The fourth-order valence-electron chi connectivity index (χ4n) is 3.59. The smallest absolute Gasteiger partial charge is 0.132 e. The van der Waals surface area contributed by atoms with Gasteiger partial charge in [-0.15, -0.1) is 0 Å². The summed E-state index contributed by atoms with van der Waals surface area (Å²) in [5.41, 5.74) is 3.48. The second kappa shape index (κ2) is 7.58. The van der Waals surface area contributed by atoms with Crippen LogP contribution in [0.15, 0.2) is 42.9 Å². The monoisotopic (exact) mass is 358 g/mol. The molecule has 136 valence electrons. The van der Waals surface area contributed by atoms with Crippen LogP contribution in [-0.4, -0.2) is 34.1 Å². The number of fused-ring (bicyclic) bond motifs is 1. The number of rotatable bonds is 4. The molecular formula is C21H22N6.